The summed E-state index contributed by atoms with van der Waals surface area (Å²) in [7, 11) is 0. The highest BCUT2D eigenvalue weighted by Crippen LogP contribution is 2.32. The Hall–Kier alpha value is -3.69. The van der Waals surface area contributed by atoms with Crippen molar-refractivity contribution in [2.45, 2.75) is 25.9 Å². The van der Waals surface area contributed by atoms with Gasteiger partial charge in [0.2, 0.25) is 5.91 Å². The fourth-order valence-corrected chi connectivity index (χ4v) is 3.79. The van der Waals surface area contributed by atoms with Crippen molar-refractivity contribution in [1.29, 1.82) is 0 Å². The number of carbonyl (C=O) groups excluding carboxylic acids is 2. The molecule has 0 bridgehead atoms. The molecule has 0 saturated carbocycles. The molecule has 10 nitrogen and oxygen atoms in total. The van der Waals surface area contributed by atoms with Gasteiger partial charge >= 0.3 is 0 Å². The van der Waals surface area contributed by atoms with E-state index >= 15 is 0 Å². The zero-order valence-electron chi connectivity index (χ0n) is 16.4. The third kappa shape index (κ3) is 3.40. The summed E-state index contributed by atoms with van der Waals surface area (Å²) in [6.07, 6.45) is 2.51. The number of nitrogens with one attached hydrogen (secondary N) is 2. The Morgan fingerprint density at radius 1 is 1.23 bits per heavy atom. The average molecular weight is 407 g/mol. The second kappa shape index (κ2) is 7.29. The highest BCUT2D eigenvalue weighted by atomic mass is 16.5. The SMILES string of the molecule is CC1Oc2ccc(NC(=O)C3CCN(c4ccc5nncn5n4)CC3)cc2NC1=O. The maximum absolute atomic E-state index is 12.8. The van der Waals surface area contributed by atoms with Crippen molar-refractivity contribution in [2.24, 2.45) is 5.92 Å². The standard InChI is InChI=1S/C20H21N7O3/c1-12-19(28)23-15-10-14(2-3-16(15)30-12)22-20(29)13-6-8-26(9-7-13)18-5-4-17-24-21-11-27(17)25-18/h2-5,10-13H,6-9H2,1H3,(H,22,29)(H,23,28). The molecule has 5 rings (SSSR count). The van der Waals surface area contributed by atoms with E-state index in [2.05, 4.69) is 30.8 Å². The van der Waals surface area contributed by atoms with Gasteiger partial charge < -0.3 is 20.3 Å². The number of nitrogens with zero attached hydrogens (tertiary/aromatic N) is 5. The van der Waals surface area contributed by atoms with E-state index in [0.717, 1.165) is 31.7 Å². The van der Waals surface area contributed by atoms with Gasteiger partial charge in [0.1, 0.15) is 17.9 Å². The smallest absolute Gasteiger partial charge is 0.265 e. The van der Waals surface area contributed by atoms with Gasteiger partial charge in [0.25, 0.3) is 5.91 Å². The molecule has 2 aliphatic rings. The Morgan fingerprint density at radius 3 is 2.90 bits per heavy atom. The number of carbonyl (C=O) groups is 2. The Labute approximate surface area is 172 Å². The molecule has 4 heterocycles. The third-order valence-electron chi connectivity index (χ3n) is 5.52. The van der Waals surface area contributed by atoms with E-state index in [9.17, 15) is 9.59 Å². The lowest BCUT2D eigenvalue weighted by Gasteiger charge is -2.32. The highest BCUT2D eigenvalue weighted by Gasteiger charge is 2.27. The number of hydrogen-bond donors (Lipinski definition) is 2. The second-order valence-corrected chi connectivity index (χ2v) is 7.54. The van der Waals surface area contributed by atoms with Crippen molar-refractivity contribution in [3.63, 3.8) is 0 Å². The van der Waals surface area contributed by atoms with E-state index in [-0.39, 0.29) is 17.7 Å². The van der Waals surface area contributed by atoms with Gasteiger partial charge in [-0.1, -0.05) is 0 Å². The molecule has 1 fully saturated rings. The first-order chi connectivity index (χ1) is 14.6. The first-order valence-corrected chi connectivity index (χ1v) is 9.91. The lowest BCUT2D eigenvalue weighted by Crippen LogP contribution is -2.38. The van der Waals surface area contributed by atoms with Crippen LogP contribution in [0.5, 0.6) is 5.75 Å². The molecule has 0 spiro atoms. The Morgan fingerprint density at radius 2 is 2.07 bits per heavy atom. The molecule has 2 aromatic heterocycles. The first kappa shape index (κ1) is 18.3. The summed E-state index contributed by atoms with van der Waals surface area (Å²) in [5.41, 5.74) is 1.91. The zero-order valence-corrected chi connectivity index (χ0v) is 16.4. The van der Waals surface area contributed by atoms with Crippen molar-refractivity contribution in [3.05, 3.63) is 36.7 Å². The molecule has 0 aliphatic carbocycles. The van der Waals surface area contributed by atoms with Gasteiger partial charge in [0, 0.05) is 24.7 Å². The van der Waals surface area contributed by atoms with Gasteiger partial charge in [0.05, 0.1) is 5.69 Å². The van der Waals surface area contributed by atoms with Gasteiger partial charge in [-0.05, 0) is 50.1 Å². The number of rotatable bonds is 3. The molecule has 0 radical (unpaired) electrons. The van der Waals surface area contributed by atoms with E-state index in [1.54, 1.807) is 36.0 Å². The normalized spacial score (nSPS) is 19.2. The van der Waals surface area contributed by atoms with Crippen LogP contribution in [0, 0.1) is 5.92 Å². The minimum absolute atomic E-state index is 0.0201. The maximum atomic E-state index is 12.8. The number of amides is 2. The summed E-state index contributed by atoms with van der Waals surface area (Å²) in [6.45, 7) is 3.18. The number of piperidine rings is 1. The Kier molecular flexibility index (Phi) is 4.46. The van der Waals surface area contributed by atoms with Gasteiger partial charge in [0.15, 0.2) is 11.8 Å². The van der Waals surface area contributed by atoms with Crippen LogP contribution in [0.1, 0.15) is 19.8 Å². The largest absolute Gasteiger partial charge is 0.479 e. The van der Waals surface area contributed by atoms with Crippen LogP contribution in [0.4, 0.5) is 17.2 Å². The number of ether oxygens (including phenoxy) is 1. The van der Waals surface area contributed by atoms with Crippen molar-refractivity contribution in [1.82, 2.24) is 19.8 Å². The second-order valence-electron chi connectivity index (χ2n) is 7.54. The minimum atomic E-state index is -0.525. The molecule has 1 aromatic carbocycles. The van der Waals surface area contributed by atoms with E-state index in [0.29, 0.717) is 22.8 Å². The van der Waals surface area contributed by atoms with Crippen LogP contribution >= 0.6 is 0 Å². The van der Waals surface area contributed by atoms with Crippen LogP contribution in [0.2, 0.25) is 0 Å². The first-order valence-electron chi connectivity index (χ1n) is 9.91. The summed E-state index contributed by atoms with van der Waals surface area (Å²) in [5, 5.41) is 18.1. The van der Waals surface area contributed by atoms with Crippen LogP contribution < -0.4 is 20.3 Å². The molecule has 2 N–H and O–H groups in total. The fraction of sp³-hybridized carbons (Fsp3) is 0.350. The number of fused-ring (bicyclic) bond motifs is 2. The van der Waals surface area contributed by atoms with Crippen LogP contribution in [0.15, 0.2) is 36.7 Å². The molecule has 3 aromatic rings. The van der Waals surface area contributed by atoms with E-state index in [1.165, 1.54) is 0 Å². The summed E-state index contributed by atoms with van der Waals surface area (Å²) >= 11 is 0. The Balaban J connectivity index is 1.21. The number of hydrogen-bond acceptors (Lipinski definition) is 7. The summed E-state index contributed by atoms with van der Waals surface area (Å²) in [6, 6.07) is 9.08. The van der Waals surface area contributed by atoms with E-state index in [1.807, 2.05) is 12.1 Å². The quantitative estimate of drug-likeness (QED) is 0.679. The maximum Gasteiger partial charge on any atom is 0.265 e. The predicted octanol–water partition coefficient (Wildman–Crippen LogP) is 1.70. The summed E-state index contributed by atoms with van der Waals surface area (Å²) < 4.78 is 7.20. The van der Waals surface area contributed by atoms with Crippen LogP contribution in [0.3, 0.4) is 0 Å². The molecular weight excluding hydrogens is 386 g/mol. The van der Waals surface area contributed by atoms with Crippen LogP contribution in [-0.2, 0) is 9.59 Å². The Bertz CT molecular complexity index is 1120. The van der Waals surface area contributed by atoms with Crippen LogP contribution in [0.25, 0.3) is 5.65 Å². The van der Waals surface area contributed by atoms with Gasteiger partial charge in [-0.15, -0.1) is 15.3 Å². The van der Waals surface area contributed by atoms with Crippen molar-refractivity contribution in [2.75, 3.05) is 28.6 Å². The van der Waals surface area contributed by atoms with Gasteiger partial charge in [-0.3, -0.25) is 9.59 Å². The molecule has 1 unspecified atom stereocenters. The van der Waals surface area contributed by atoms with Gasteiger partial charge in [-0.25, -0.2) is 0 Å². The molecule has 2 amide bonds. The monoisotopic (exact) mass is 407 g/mol. The van der Waals surface area contributed by atoms with Gasteiger partial charge in [-0.2, -0.15) is 4.52 Å². The van der Waals surface area contributed by atoms with Crippen LogP contribution in [-0.4, -0.2) is 50.8 Å². The van der Waals surface area contributed by atoms with Crippen molar-refractivity contribution in [3.8, 4) is 5.75 Å². The summed E-state index contributed by atoms with van der Waals surface area (Å²) in [5.74, 6) is 1.15. The minimum Gasteiger partial charge on any atom is -0.479 e. The predicted molar refractivity (Wildman–Crippen MR) is 110 cm³/mol. The molecule has 1 atom stereocenters. The molecule has 2 aliphatic heterocycles. The topological polar surface area (TPSA) is 114 Å². The van der Waals surface area contributed by atoms with Crippen molar-refractivity contribution < 1.29 is 14.3 Å². The molecule has 30 heavy (non-hydrogen) atoms. The molecule has 1 saturated heterocycles. The highest BCUT2D eigenvalue weighted by molar-refractivity contribution is 5.99. The lowest BCUT2D eigenvalue weighted by molar-refractivity contribution is -0.122. The van der Waals surface area contributed by atoms with Crippen molar-refractivity contribution >= 4 is 34.7 Å². The van der Waals surface area contributed by atoms with E-state index in [4.69, 9.17) is 4.74 Å². The number of benzene rings is 1. The zero-order chi connectivity index (χ0) is 20.7. The fourth-order valence-electron chi connectivity index (χ4n) is 3.79. The lowest BCUT2D eigenvalue weighted by atomic mass is 9.95. The molecule has 154 valence electrons. The average Bonchev–Trinajstić information content (AvgIpc) is 3.23. The summed E-state index contributed by atoms with van der Waals surface area (Å²) in [4.78, 5) is 26.7. The molecule has 10 heteroatoms. The number of anilines is 3. The van der Waals surface area contributed by atoms with E-state index < -0.39 is 6.10 Å². The third-order valence-corrected chi connectivity index (χ3v) is 5.52. The number of aromatic nitrogens is 4. The molecular formula is C20H21N7O3.